The van der Waals surface area contributed by atoms with Crippen LogP contribution in [0.5, 0.6) is 5.75 Å². The summed E-state index contributed by atoms with van der Waals surface area (Å²) >= 11 is 0. The summed E-state index contributed by atoms with van der Waals surface area (Å²) in [5, 5.41) is 9.35. The van der Waals surface area contributed by atoms with E-state index in [1.807, 2.05) is 0 Å². The Hall–Kier alpha value is -2.30. The van der Waals surface area contributed by atoms with Gasteiger partial charge in [-0.25, -0.2) is 4.79 Å². The highest BCUT2D eigenvalue weighted by Crippen LogP contribution is 2.18. The van der Waals surface area contributed by atoms with E-state index in [-0.39, 0.29) is 11.3 Å². The SMILES string of the molecule is CCOC(=O)/C=C/c1ccc(O)c(C(N)=O)c1. The topological polar surface area (TPSA) is 89.6 Å². The van der Waals surface area contributed by atoms with E-state index in [0.29, 0.717) is 12.2 Å². The third-order valence-electron chi connectivity index (χ3n) is 1.98. The number of esters is 1. The van der Waals surface area contributed by atoms with Crippen molar-refractivity contribution < 1.29 is 19.4 Å². The van der Waals surface area contributed by atoms with E-state index in [2.05, 4.69) is 0 Å². The summed E-state index contributed by atoms with van der Waals surface area (Å²) in [5.74, 6) is -1.39. The van der Waals surface area contributed by atoms with Crippen LogP contribution in [0.3, 0.4) is 0 Å². The van der Waals surface area contributed by atoms with E-state index in [0.717, 1.165) is 0 Å². The molecule has 0 aliphatic carbocycles. The maximum Gasteiger partial charge on any atom is 0.330 e. The number of carbonyl (C=O) groups is 2. The summed E-state index contributed by atoms with van der Waals surface area (Å²) in [6.45, 7) is 2.00. The van der Waals surface area contributed by atoms with Gasteiger partial charge in [-0.1, -0.05) is 6.07 Å². The first-order valence-corrected chi connectivity index (χ1v) is 5.02. The fourth-order valence-electron chi connectivity index (χ4n) is 1.21. The van der Waals surface area contributed by atoms with E-state index in [1.54, 1.807) is 13.0 Å². The zero-order chi connectivity index (χ0) is 12.8. The van der Waals surface area contributed by atoms with E-state index < -0.39 is 11.9 Å². The summed E-state index contributed by atoms with van der Waals surface area (Å²) in [6.07, 6.45) is 2.71. The molecule has 1 aromatic carbocycles. The van der Waals surface area contributed by atoms with Crippen LogP contribution >= 0.6 is 0 Å². The molecule has 0 aliphatic heterocycles. The Labute approximate surface area is 98.5 Å². The highest BCUT2D eigenvalue weighted by Gasteiger charge is 2.07. The lowest BCUT2D eigenvalue weighted by atomic mass is 10.1. The number of carbonyl (C=O) groups excluding carboxylic acids is 2. The number of hydrogen-bond acceptors (Lipinski definition) is 4. The molecule has 5 heteroatoms. The smallest absolute Gasteiger partial charge is 0.330 e. The molecule has 3 N–H and O–H groups in total. The predicted octanol–water partition coefficient (Wildman–Crippen LogP) is 1.07. The Bertz CT molecular complexity index is 466. The molecular formula is C12H13NO4. The zero-order valence-electron chi connectivity index (χ0n) is 9.34. The highest BCUT2D eigenvalue weighted by molar-refractivity contribution is 5.96. The molecule has 0 atom stereocenters. The average Bonchev–Trinajstić information content (AvgIpc) is 2.28. The lowest BCUT2D eigenvalue weighted by molar-refractivity contribution is -0.137. The Kier molecular flexibility index (Phi) is 4.28. The van der Waals surface area contributed by atoms with Gasteiger partial charge in [0.05, 0.1) is 12.2 Å². The molecule has 0 spiro atoms. The molecule has 17 heavy (non-hydrogen) atoms. The van der Waals surface area contributed by atoms with Crippen LogP contribution in [0.4, 0.5) is 0 Å². The van der Waals surface area contributed by atoms with Crippen molar-refractivity contribution in [3.8, 4) is 5.75 Å². The van der Waals surface area contributed by atoms with Crippen molar-refractivity contribution in [3.05, 3.63) is 35.4 Å². The molecule has 0 saturated carbocycles. The van der Waals surface area contributed by atoms with E-state index in [9.17, 15) is 14.7 Å². The molecule has 0 aromatic heterocycles. The van der Waals surface area contributed by atoms with Gasteiger partial charge in [0.15, 0.2) is 0 Å². The molecule has 1 aromatic rings. The Balaban J connectivity index is 2.89. The number of nitrogens with two attached hydrogens (primary N) is 1. The molecule has 5 nitrogen and oxygen atoms in total. The summed E-state index contributed by atoms with van der Waals surface area (Å²) in [6, 6.07) is 4.29. The van der Waals surface area contributed by atoms with Crippen molar-refractivity contribution in [2.45, 2.75) is 6.92 Å². The largest absolute Gasteiger partial charge is 0.507 e. The first-order chi connectivity index (χ1) is 8.04. The van der Waals surface area contributed by atoms with Crippen LogP contribution in [0.1, 0.15) is 22.8 Å². The summed E-state index contributed by atoms with van der Waals surface area (Å²) in [5.41, 5.74) is 5.66. The molecule has 1 amide bonds. The van der Waals surface area contributed by atoms with Crippen LogP contribution in [0.2, 0.25) is 0 Å². The standard InChI is InChI=1S/C12H13NO4/c1-2-17-11(15)6-4-8-3-5-10(14)9(7-8)12(13)16/h3-7,14H,2H2,1H3,(H2,13,16)/b6-4+. The molecule has 0 radical (unpaired) electrons. The second-order valence-electron chi connectivity index (χ2n) is 3.23. The second-order valence-corrected chi connectivity index (χ2v) is 3.23. The number of hydrogen-bond donors (Lipinski definition) is 2. The summed E-state index contributed by atoms with van der Waals surface area (Å²) in [7, 11) is 0. The van der Waals surface area contributed by atoms with E-state index in [1.165, 1.54) is 24.3 Å². The maximum atomic E-state index is 11.1. The molecule has 0 aliphatic rings. The van der Waals surface area contributed by atoms with Crippen molar-refractivity contribution >= 4 is 18.0 Å². The first kappa shape index (κ1) is 12.8. The van der Waals surface area contributed by atoms with Crippen LogP contribution in [0, 0.1) is 0 Å². The molecule has 0 unspecified atom stereocenters. The fraction of sp³-hybridized carbons (Fsp3) is 0.167. The normalized spacial score (nSPS) is 10.4. The number of aromatic hydroxyl groups is 1. The Morgan fingerprint density at radius 3 is 2.76 bits per heavy atom. The number of phenols is 1. The lowest BCUT2D eigenvalue weighted by Gasteiger charge is -2.01. The van der Waals surface area contributed by atoms with E-state index >= 15 is 0 Å². The van der Waals surface area contributed by atoms with Gasteiger partial charge in [0.25, 0.3) is 5.91 Å². The van der Waals surface area contributed by atoms with Crippen molar-refractivity contribution in [3.63, 3.8) is 0 Å². The van der Waals surface area contributed by atoms with Crippen LogP contribution in [0.15, 0.2) is 24.3 Å². The average molecular weight is 235 g/mol. The fourth-order valence-corrected chi connectivity index (χ4v) is 1.21. The van der Waals surface area contributed by atoms with Crippen LogP contribution in [-0.2, 0) is 9.53 Å². The minimum Gasteiger partial charge on any atom is -0.507 e. The quantitative estimate of drug-likeness (QED) is 0.603. The van der Waals surface area contributed by atoms with Gasteiger partial charge < -0.3 is 15.6 Å². The molecule has 0 saturated heterocycles. The van der Waals surface area contributed by atoms with Gasteiger partial charge >= 0.3 is 5.97 Å². The molecular weight excluding hydrogens is 222 g/mol. The van der Waals surface area contributed by atoms with Crippen LogP contribution < -0.4 is 5.73 Å². The third kappa shape index (κ3) is 3.64. The number of primary amides is 1. The minimum atomic E-state index is -0.728. The summed E-state index contributed by atoms with van der Waals surface area (Å²) in [4.78, 5) is 22.0. The van der Waals surface area contributed by atoms with Crippen molar-refractivity contribution in [2.75, 3.05) is 6.61 Å². The van der Waals surface area contributed by atoms with Crippen molar-refractivity contribution in [2.24, 2.45) is 5.73 Å². The van der Waals surface area contributed by atoms with Gasteiger partial charge in [-0.2, -0.15) is 0 Å². The van der Waals surface area contributed by atoms with Crippen LogP contribution in [-0.4, -0.2) is 23.6 Å². The summed E-state index contributed by atoms with van der Waals surface area (Å²) < 4.78 is 4.70. The minimum absolute atomic E-state index is 0.0102. The Morgan fingerprint density at radius 2 is 2.18 bits per heavy atom. The number of amides is 1. The Morgan fingerprint density at radius 1 is 1.47 bits per heavy atom. The monoisotopic (exact) mass is 235 g/mol. The van der Waals surface area contributed by atoms with Crippen molar-refractivity contribution in [1.29, 1.82) is 0 Å². The number of ether oxygens (including phenoxy) is 1. The van der Waals surface area contributed by atoms with Gasteiger partial charge in [-0.05, 0) is 30.7 Å². The number of benzene rings is 1. The van der Waals surface area contributed by atoms with Gasteiger partial charge in [0.1, 0.15) is 5.75 Å². The predicted molar refractivity (Wildman–Crippen MR) is 62.3 cm³/mol. The van der Waals surface area contributed by atoms with Crippen molar-refractivity contribution in [1.82, 2.24) is 0 Å². The second kappa shape index (κ2) is 5.69. The molecule has 0 heterocycles. The third-order valence-corrected chi connectivity index (χ3v) is 1.98. The number of rotatable bonds is 4. The molecule has 90 valence electrons. The first-order valence-electron chi connectivity index (χ1n) is 5.02. The van der Waals surface area contributed by atoms with Gasteiger partial charge in [0, 0.05) is 6.08 Å². The molecule has 1 rings (SSSR count). The molecule has 0 bridgehead atoms. The zero-order valence-corrected chi connectivity index (χ0v) is 9.34. The highest BCUT2D eigenvalue weighted by atomic mass is 16.5. The lowest BCUT2D eigenvalue weighted by Crippen LogP contribution is -2.11. The van der Waals surface area contributed by atoms with Gasteiger partial charge in [-0.15, -0.1) is 0 Å². The van der Waals surface area contributed by atoms with Gasteiger partial charge in [-0.3, -0.25) is 4.79 Å². The van der Waals surface area contributed by atoms with E-state index in [4.69, 9.17) is 10.5 Å². The van der Waals surface area contributed by atoms with Gasteiger partial charge in [0.2, 0.25) is 0 Å². The van der Waals surface area contributed by atoms with Crippen LogP contribution in [0.25, 0.3) is 6.08 Å². The molecule has 0 fully saturated rings. The maximum absolute atomic E-state index is 11.1.